The number of carbonyl (C=O) groups excluding carboxylic acids is 1. The summed E-state index contributed by atoms with van der Waals surface area (Å²) in [4.78, 5) is 12.0. The van der Waals surface area contributed by atoms with Crippen LogP contribution in [0.4, 0.5) is 14.5 Å². The summed E-state index contributed by atoms with van der Waals surface area (Å²) in [7, 11) is 0. The van der Waals surface area contributed by atoms with Crippen LogP contribution < -0.4 is 5.32 Å². The molecule has 0 spiro atoms. The van der Waals surface area contributed by atoms with Crippen LogP contribution in [0.15, 0.2) is 34.8 Å². The lowest BCUT2D eigenvalue weighted by atomic mass is 10.1. The van der Waals surface area contributed by atoms with Gasteiger partial charge in [-0.1, -0.05) is 27.5 Å². The summed E-state index contributed by atoms with van der Waals surface area (Å²) in [6, 6.07) is 6.83. The maximum absolute atomic E-state index is 13.6. The third-order valence-electron chi connectivity index (χ3n) is 2.55. The summed E-state index contributed by atoms with van der Waals surface area (Å²) in [6.07, 6.45) is 0. The molecule has 1 amide bonds. The summed E-state index contributed by atoms with van der Waals surface area (Å²) in [6.45, 7) is 1.77. The molecule has 20 heavy (non-hydrogen) atoms. The number of nitrogens with one attached hydrogen (secondary N) is 1. The molecule has 0 atom stereocenters. The van der Waals surface area contributed by atoms with Gasteiger partial charge in [-0.25, -0.2) is 8.78 Å². The van der Waals surface area contributed by atoms with Gasteiger partial charge in [-0.05, 0) is 42.8 Å². The van der Waals surface area contributed by atoms with Crippen molar-refractivity contribution in [3.8, 4) is 0 Å². The molecule has 6 heteroatoms. The highest BCUT2D eigenvalue weighted by Gasteiger charge is 2.15. The zero-order valence-corrected chi connectivity index (χ0v) is 12.6. The summed E-state index contributed by atoms with van der Waals surface area (Å²) in [5.74, 6) is -2.34. The maximum Gasteiger partial charge on any atom is 0.255 e. The predicted octanol–water partition coefficient (Wildman–Crippen LogP) is 4.94. The molecule has 0 saturated heterocycles. The van der Waals surface area contributed by atoms with Crippen LogP contribution in [-0.4, -0.2) is 5.91 Å². The molecule has 1 N–H and O–H groups in total. The number of carbonyl (C=O) groups is 1. The molecule has 104 valence electrons. The van der Waals surface area contributed by atoms with Gasteiger partial charge in [0.15, 0.2) is 11.6 Å². The van der Waals surface area contributed by atoms with Gasteiger partial charge in [0.25, 0.3) is 5.91 Å². The number of hydrogen-bond donors (Lipinski definition) is 1. The molecule has 2 aromatic carbocycles. The number of benzene rings is 2. The SMILES string of the molecule is Cc1cc(Cl)cc(C(=O)Nc2c(F)cc(Br)cc2F)c1. The van der Waals surface area contributed by atoms with E-state index in [0.29, 0.717) is 5.02 Å². The molecule has 2 aromatic rings. The molecule has 0 aliphatic heterocycles. The maximum atomic E-state index is 13.6. The minimum Gasteiger partial charge on any atom is -0.317 e. The fourth-order valence-electron chi connectivity index (χ4n) is 1.71. The number of rotatable bonds is 2. The second kappa shape index (κ2) is 5.89. The van der Waals surface area contributed by atoms with Gasteiger partial charge in [0.2, 0.25) is 0 Å². The normalized spacial score (nSPS) is 10.4. The highest BCUT2D eigenvalue weighted by atomic mass is 79.9. The third kappa shape index (κ3) is 3.35. The van der Waals surface area contributed by atoms with E-state index in [-0.39, 0.29) is 10.0 Å². The minimum absolute atomic E-state index is 0.233. The zero-order chi connectivity index (χ0) is 14.9. The van der Waals surface area contributed by atoms with Gasteiger partial charge in [0, 0.05) is 15.1 Å². The largest absolute Gasteiger partial charge is 0.317 e. The molecule has 0 aliphatic carbocycles. The van der Waals surface area contributed by atoms with Gasteiger partial charge >= 0.3 is 0 Å². The van der Waals surface area contributed by atoms with Gasteiger partial charge < -0.3 is 5.32 Å². The first kappa shape index (κ1) is 14.9. The number of halogens is 4. The Bertz CT molecular complexity index is 648. The van der Waals surface area contributed by atoms with Crippen molar-refractivity contribution in [1.82, 2.24) is 0 Å². The Hall–Kier alpha value is -1.46. The monoisotopic (exact) mass is 359 g/mol. The van der Waals surface area contributed by atoms with E-state index >= 15 is 0 Å². The molecular weight excluding hydrogens is 352 g/mol. The van der Waals surface area contributed by atoms with E-state index in [4.69, 9.17) is 11.6 Å². The third-order valence-corrected chi connectivity index (χ3v) is 3.23. The molecule has 0 saturated carbocycles. The van der Waals surface area contributed by atoms with Crippen LogP contribution in [0.1, 0.15) is 15.9 Å². The van der Waals surface area contributed by atoms with Crippen LogP contribution in [0.3, 0.4) is 0 Å². The molecule has 0 fully saturated rings. The molecule has 2 rings (SSSR count). The van der Waals surface area contributed by atoms with Crippen molar-refractivity contribution in [2.75, 3.05) is 5.32 Å². The number of aryl methyl sites for hydroxylation is 1. The van der Waals surface area contributed by atoms with E-state index in [2.05, 4.69) is 21.2 Å². The fourth-order valence-corrected chi connectivity index (χ4v) is 2.41. The van der Waals surface area contributed by atoms with Crippen molar-refractivity contribution in [2.24, 2.45) is 0 Å². The first-order chi connectivity index (χ1) is 9.36. The van der Waals surface area contributed by atoms with Gasteiger partial charge in [-0.3, -0.25) is 4.79 Å². The lowest BCUT2D eigenvalue weighted by molar-refractivity contribution is 0.102. The van der Waals surface area contributed by atoms with Crippen molar-refractivity contribution in [3.63, 3.8) is 0 Å². The summed E-state index contributed by atoms with van der Waals surface area (Å²) in [5, 5.41) is 2.59. The lowest BCUT2D eigenvalue weighted by Gasteiger charge is -2.09. The van der Waals surface area contributed by atoms with E-state index in [1.165, 1.54) is 6.07 Å². The van der Waals surface area contributed by atoms with E-state index in [1.807, 2.05) is 0 Å². The van der Waals surface area contributed by atoms with Gasteiger partial charge in [0.05, 0.1) is 0 Å². The molecule has 0 aromatic heterocycles. The van der Waals surface area contributed by atoms with Crippen LogP contribution in [0.25, 0.3) is 0 Å². The number of hydrogen-bond acceptors (Lipinski definition) is 1. The highest BCUT2D eigenvalue weighted by Crippen LogP contribution is 2.24. The Morgan fingerprint density at radius 1 is 1.15 bits per heavy atom. The average Bonchev–Trinajstić information content (AvgIpc) is 2.32. The van der Waals surface area contributed by atoms with Crippen molar-refractivity contribution in [2.45, 2.75) is 6.92 Å². The molecular formula is C14H9BrClF2NO. The molecule has 2 nitrogen and oxygen atoms in total. The molecule has 0 heterocycles. The van der Waals surface area contributed by atoms with E-state index in [9.17, 15) is 13.6 Å². The molecule has 0 radical (unpaired) electrons. The predicted molar refractivity (Wildman–Crippen MR) is 78.2 cm³/mol. The van der Waals surface area contributed by atoms with Gasteiger partial charge in [-0.15, -0.1) is 0 Å². The van der Waals surface area contributed by atoms with Crippen molar-refractivity contribution >= 4 is 39.1 Å². The first-order valence-electron chi connectivity index (χ1n) is 5.60. The second-order valence-corrected chi connectivity index (χ2v) is 5.57. The average molecular weight is 361 g/mol. The van der Waals surface area contributed by atoms with Crippen LogP contribution >= 0.6 is 27.5 Å². The standard InChI is InChI=1S/C14H9BrClF2NO/c1-7-2-8(4-10(16)3-7)14(20)19-13-11(17)5-9(15)6-12(13)18/h2-6H,1H3,(H,19,20). The smallest absolute Gasteiger partial charge is 0.255 e. The van der Waals surface area contributed by atoms with Crippen LogP contribution in [-0.2, 0) is 0 Å². The Morgan fingerprint density at radius 3 is 2.30 bits per heavy atom. The summed E-state index contributed by atoms with van der Waals surface area (Å²) in [5.41, 5.74) is 0.520. The highest BCUT2D eigenvalue weighted by molar-refractivity contribution is 9.10. The Morgan fingerprint density at radius 2 is 1.75 bits per heavy atom. The fraction of sp³-hybridized carbons (Fsp3) is 0.0714. The minimum atomic E-state index is -0.857. The van der Waals surface area contributed by atoms with E-state index < -0.39 is 23.2 Å². The topological polar surface area (TPSA) is 29.1 Å². The first-order valence-corrected chi connectivity index (χ1v) is 6.77. The zero-order valence-electron chi connectivity index (χ0n) is 10.3. The van der Waals surface area contributed by atoms with Crippen molar-refractivity contribution in [3.05, 3.63) is 62.6 Å². The quantitative estimate of drug-likeness (QED) is 0.807. The summed E-state index contributed by atoms with van der Waals surface area (Å²) >= 11 is 8.81. The van der Waals surface area contributed by atoms with Crippen LogP contribution in [0, 0.1) is 18.6 Å². The van der Waals surface area contributed by atoms with Gasteiger partial charge in [-0.2, -0.15) is 0 Å². The second-order valence-electron chi connectivity index (χ2n) is 4.22. The van der Waals surface area contributed by atoms with Gasteiger partial charge in [0.1, 0.15) is 5.69 Å². The Kier molecular flexibility index (Phi) is 4.40. The Labute approximate surface area is 127 Å². The van der Waals surface area contributed by atoms with Crippen molar-refractivity contribution < 1.29 is 13.6 Å². The van der Waals surface area contributed by atoms with E-state index in [1.54, 1.807) is 19.1 Å². The number of anilines is 1. The van der Waals surface area contributed by atoms with Crippen LogP contribution in [0.2, 0.25) is 5.02 Å². The Balaban J connectivity index is 2.32. The van der Waals surface area contributed by atoms with Crippen molar-refractivity contribution in [1.29, 1.82) is 0 Å². The van der Waals surface area contributed by atoms with Crippen LogP contribution in [0.5, 0.6) is 0 Å². The molecule has 0 unspecified atom stereocenters. The molecule has 0 aliphatic rings. The van der Waals surface area contributed by atoms with E-state index in [0.717, 1.165) is 17.7 Å². The summed E-state index contributed by atoms with van der Waals surface area (Å²) < 4.78 is 27.5. The molecule has 0 bridgehead atoms. The number of amides is 1. The lowest BCUT2D eigenvalue weighted by Crippen LogP contribution is -2.14.